The van der Waals surface area contributed by atoms with Crippen molar-refractivity contribution in [2.75, 3.05) is 6.54 Å². The second-order valence-corrected chi connectivity index (χ2v) is 5.64. The number of nitrogens with one attached hydrogen (secondary N) is 1. The second kappa shape index (κ2) is 11.0. The molecular formula is C18H31N. The van der Waals surface area contributed by atoms with Gasteiger partial charge in [0, 0.05) is 6.54 Å². The highest BCUT2D eigenvalue weighted by atomic mass is 14.8. The van der Waals surface area contributed by atoms with E-state index >= 15 is 0 Å². The first kappa shape index (κ1) is 16.2. The van der Waals surface area contributed by atoms with Crippen LogP contribution in [0.3, 0.4) is 0 Å². The van der Waals surface area contributed by atoms with Crippen molar-refractivity contribution in [2.45, 2.75) is 71.8 Å². The van der Waals surface area contributed by atoms with Gasteiger partial charge in [0.2, 0.25) is 0 Å². The molecule has 1 rings (SSSR count). The van der Waals surface area contributed by atoms with Crippen LogP contribution in [0.5, 0.6) is 0 Å². The summed E-state index contributed by atoms with van der Waals surface area (Å²) in [6.45, 7) is 6.60. The zero-order valence-corrected chi connectivity index (χ0v) is 12.9. The third-order valence-electron chi connectivity index (χ3n) is 3.62. The fraction of sp³-hybridized carbons (Fsp3) is 0.667. The first-order valence-corrected chi connectivity index (χ1v) is 8.09. The van der Waals surface area contributed by atoms with E-state index in [1.54, 1.807) is 0 Å². The molecule has 0 unspecified atom stereocenters. The molecule has 0 bridgehead atoms. The number of aryl methyl sites for hydroxylation is 1. The lowest BCUT2D eigenvalue weighted by Gasteiger charge is -2.06. The summed E-state index contributed by atoms with van der Waals surface area (Å²) < 4.78 is 0. The van der Waals surface area contributed by atoms with E-state index in [2.05, 4.69) is 43.4 Å². The van der Waals surface area contributed by atoms with Crippen molar-refractivity contribution < 1.29 is 0 Å². The SMILES string of the molecule is CCCCCCCCCCNCc1cccc(C)c1. The number of rotatable bonds is 11. The minimum Gasteiger partial charge on any atom is -0.313 e. The van der Waals surface area contributed by atoms with Crippen LogP contribution in [0.4, 0.5) is 0 Å². The maximum Gasteiger partial charge on any atom is 0.0205 e. The largest absolute Gasteiger partial charge is 0.313 e. The minimum absolute atomic E-state index is 1.01. The molecule has 1 heteroatoms. The molecule has 1 N–H and O–H groups in total. The van der Waals surface area contributed by atoms with Crippen molar-refractivity contribution in [3.8, 4) is 0 Å². The van der Waals surface area contributed by atoms with Gasteiger partial charge in [-0.05, 0) is 25.5 Å². The van der Waals surface area contributed by atoms with E-state index < -0.39 is 0 Å². The molecule has 0 fully saturated rings. The molecule has 0 atom stereocenters. The Balaban J connectivity index is 1.89. The Morgan fingerprint density at radius 3 is 2.26 bits per heavy atom. The summed E-state index contributed by atoms with van der Waals surface area (Å²) in [7, 11) is 0. The van der Waals surface area contributed by atoms with Gasteiger partial charge in [-0.25, -0.2) is 0 Å². The fourth-order valence-electron chi connectivity index (χ4n) is 2.44. The van der Waals surface area contributed by atoms with Gasteiger partial charge >= 0.3 is 0 Å². The van der Waals surface area contributed by atoms with Crippen molar-refractivity contribution in [3.05, 3.63) is 35.4 Å². The molecule has 1 aromatic carbocycles. The summed E-state index contributed by atoms with van der Waals surface area (Å²) >= 11 is 0. The average Bonchev–Trinajstić information content (AvgIpc) is 2.41. The predicted octanol–water partition coefficient (Wildman–Crippen LogP) is 5.23. The van der Waals surface area contributed by atoms with Crippen LogP contribution in [0.15, 0.2) is 24.3 Å². The highest BCUT2D eigenvalue weighted by Crippen LogP contribution is 2.08. The van der Waals surface area contributed by atoms with E-state index in [0.717, 1.165) is 13.1 Å². The van der Waals surface area contributed by atoms with Crippen molar-refractivity contribution in [1.29, 1.82) is 0 Å². The van der Waals surface area contributed by atoms with Gasteiger partial charge in [-0.3, -0.25) is 0 Å². The number of unbranched alkanes of at least 4 members (excludes halogenated alkanes) is 7. The lowest BCUT2D eigenvalue weighted by atomic mass is 10.1. The third-order valence-corrected chi connectivity index (χ3v) is 3.62. The maximum absolute atomic E-state index is 3.54. The molecule has 0 aliphatic heterocycles. The molecule has 0 heterocycles. The van der Waals surface area contributed by atoms with E-state index in [1.165, 1.54) is 62.5 Å². The minimum atomic E-state index is 1.01. The number of benzene rings is 1. The maximum atomic E-state index is 3.54. The Morgan fingerprint density at radius 1 is 0.895 bits per heavy atom. The Bertz CT molecular complexity index is 319. The van der Waals surface area contributed by atoms with Crippen LogP contribution in [0.1, 0.15) is 69.4 Å². The fourth-order valence-corrected chi connectivity index (χ4v) is 2.44. The quantitative estimate of drug-likeness (QED) is 0.538. The van der Waals surface area contributed by atoms with Crippen LogP contribution in [0, 0.1) is 6.92 Å². The summed E-state index contributed by atoms with van der Waals surface area (Å²) in [5.74, 6) is 0. The van der Waals surface area contributed by atoms with Gasteiger partial charge in [0.1, 0.15) is 0 Å². The normalized spacial score (nSPS) is 10.8. The highest BCUT2D eigenvalue weighted by molar-refractivity contribution is 5.21. The topological polar surface area (TPSA) is 12.0 Å². The molecule has 0 radical (unpaired) electrons. The van der Waals surface area contributed by atoms with Gasteiger partial charge in [0.05, 0.1) is 0 Å². The van der Waals surface area contributed by atoms with Gasteiger partial charge in [-0.1, -0.05) is 81.7 Å². The molecule has 108 valence electrons. The summed E-state index contributed by atoms with van der Waals surface area (Å²) in [6.07, 6.45) is 11.2. The van der Waals surface area contributed by atoms with Crippen LogP contribution in [0.25, 0.3) is 0 Å². The summed E-state index contributed by atoms with van der Waals surface area (Å²) in [5.41, 5.74) is 2.76. The molecule has 19 heavy (non-hydrogen) atoms. The molecule has 0 saturated heterocycles. The van der Waals surface area contributed by atoms with Crippen molar-refractivity contribution in [1.82, 2.24) is 5.32 Å². The molecule has 0 spiro atoms. The first-order valence-electron chi connectivity index (χ1n) is 8.09. The summed E-state index contributed by atoms with van der Waals surface area (Å²) in [4.78, 5) is 0. The van der Waals surface area contributed by atoms with Gasteiger partial charge in [0.25, 0.3) is 0 Å². The number of hydrogen-bond donors (Lipinski definition) is 1. The Morgan fingerprint density at radius 2 is 1.58 bits per heavy atom. The zero-order valence-electron chi connectivity index (χ0n) is 12.9. The lowest BCUT2D eigenvalue weighted by molar-refractivity contribution is 0.555. The van der Waals surface area contributed by atoms with E-state index in [0.29, 0.717) is 0 Å². The number of hydrogen-bond acceptors (Lipinski definition) is 1. The average molecular weight is 261 g/mol. The molecule has 1 aromatic rings. The standard InChI is InChI=1S/C18H31N/c1-3-4-5-6-7-8-9-10-14-19-16-18-13-11-12-17(2)15-18/h11-13,15,19H,3-10,14,16H2,1-2H3. The smallest absolute Gasteiger partial charge is 0.0205 e. The molecular weight excluding hydrogens is 230 g/mol. The Kier molecular flexibility index (Phi) is 9.44. The Labute approximate surface area is 119 Å². The van der Waals surface area contributed by atoms with Crippen LogP contribution >= 0.6 is 0 Å². The van der Waals surface area contributed by atoms with Crippen LogP contribution < -0.4 is 5.32 Å². The molecule has 0 amide bonds. The lowest BCUT2D eigenvalue weighted by Crippen LogP contribution is -2.14. The van der Waals surface area contributed by atoms with Crippen molar-refractivity contribution in [3.63, 3.8) is 0 Å². The molecule has 0 aliphatic rings. The van der Waals surface area contributed by atoms with Gasteiger partial charge in [-0.15, -0.1) is 0 Å². The van der Waals surface area contributed by atoms with E-state index in [4.69, 9.17) is 0 Å². The third kappa shape index (κ3) is 8.83. The van der Waals surface area contributed by atoms with Crippen molar-refractivity contribution >= 4 is 0 Å². The Hall–Kier alpha value is -0.820. The molecule has 1 nitrogen and oxygen atoms in total. The van der Waals surface area contributed by atoms with Gasteiger partial charge in [-0.2, -0.15) is 0 Å². The van der Waals surface area contributed by atoms with E-state index in [9.17, 15) is 0 Å². The molecule has 0 aliphatic carbocycles. The monoisotopic (exact) mass is 261 g/mol. The molecule has 0 aromatic heterocycles. The zero-order chi connectivity index (χ0) is 13.8. The van der Waals surface area contributed by atoms with Gasteiger partial charge < -0.3 is 5.32 Å². The predicted molar refractivity (Wildman–Crippen MR) is 85.5 cm³/mol. The van der Waals surface area contributed by atoms with E-state index in [1.807, 2.05) is 0 Å². The first-order chi connectivity index (χ1) is 9.33. The summed E-state index contributed by atoms with van der Waals surface area (Å²) in [6, 6.07) is 8.76. The van der Waals surface area contributed by atoms with Crippen LogP contribution in [0.2, 0.25) is 0 Å². The van der Waals surface area contributed by atoms with Crippen molar-refractivity contribution in [2.24, 2.45) is 0 Å². The van der Waals surface area contributed by atoms with Gasteiger partial charge in [0.15, 0.2) is 0 Å². The van der Waals surface area contributed by atoms with Crippen LogP contribution in [-0.2, 0) is 6.54 Å². The summed E-state index contributed by atoms with van der Waals surface area (Å²) in [5, 5.41) is 3.54. The van der Waals surface area contributed by atoms with Crippen LogP contribution in [-0.4, -0.2) is 6.54 Å². The molecule has 0 saturated carbocycles. The van der Waals surface area contributed by atoms with E-state index in [-0.39, 0.29) is 0 Å². The second-order valence-electron chi connectivity index (χ2n) is 5.64. The highest BCUT2D eigenvalue weighted by Gasteiger charge is 1.94.